The summed E-state index contributed by atoms with van der Waals surface area (Å²) in [5, 5.41) is 0. The lowest BCUT2D eigenvalue weighted by Crippen LogP contribution is -2.30. The first-order valence-corrected chi connectivity index (χ1v) is 5.21. The van der Waals surface area contributed by atoms with Gasteiger partial charge in [0, 0.05) is 20.6 Å². The monoisotopic (exact) mass is 205 g/mol. The van der Waals surface area contributed by atoms with Gasteiger partial charge >= 0.3 is 0 Å². The van der Waals surface area contributed by atoms with E-state index in [0.717, 1.165) is 19.4 Å². The average Bonchev–Trinajstić information content (AvgIpc) is 2.25. The predicted molar refractivity (Wildman–Crippen MR) is 64.9 cm³/mol. The van der Waals surface area contributed by atoms with Crippen LogP contribution < -0.4 is 5.73 Å². The third kappa shape index (κ3) is 4.49. The summed E-state index contributed by atoms with van der Waals surface area (Å²) in [6, 6.07) is 10.4. The number of nitrogens with zero attached hydrogens (tertiary/aromatic N) is 2. The van der Waals surface area contributed by atoms with Crippen molar-refractivity contribution in [1.82, 2.24) is 4.90 Å². The molecule has 2 N–H and O–H groups in total. The van der Waals surface area contributed by atoms with E-state index in [1.54, 1.807) is 0 Å². The maximum absolute atomic E-state index is 5.67. The molecule has 3 heteroatoms. The maximum atomic E-state index is 5.67. The van der Waals surface area contributed by atoms with Gasteiger partial charge in [0.2, 0.25) is 0 Å². The molecule has 0 fully saturated rings. The normalized spacial score (nSPS) is 11.5. The summed E-state index contributed by atoms with van der Waals surface area (Å²) in [7, 11) is 3.80. The van der Waals surface area contributed by atoms with E-state index in [4.69, 9.17) is 5.73 Å². The fourth-order valence-corrected chi connectivity index (χ4v) is 1.26. The first-order valence-electron chi connectivity index (χ1n) is 5.21. The molecule has 0 spiro atoms. The standard InChI is InChI=1S/C12H19N3/c1-15(2)12(13)14-10-6-9-11-7-4-3-5-8-11/h3-5,7-8H,6,9-10H2,1-2H3,(H2,13,14). The van der Waals surface area contributed by atoms with Crippen molar-refractivity contribution in [3.8, 4) is 0 Å². The van der Waals surface area contributed by atoms with Crippen molar-refractivity contribution >= 4 is 5.96 Å². The molecule has 0 radical (unpaired) electrons. The molecule has 0 aliphatic rings. The van der Waals surface area contributed by atoms with Crippen LogP contribution in [0.4, 0.5) is 0 Å². The number of aryl methyl sites for hydroxylation is 1. The van der Waals surface area contributed by atoms with Gasteiger partial charge in [0.05, 0.1) is 0 Å². The number of nitrogens with two attached hydrogens (primary N) is 1. The molecule has 0 amide bonds. The van der Waals surface area contributed by atoms with Crippen LogP contribution in [0.25, 0.3) is 0 Å². The Bertz CT molecular complexity index is 304. The van der Waals surface area contributed by atoms with E-state index >= 15 is 0 Å². The topological polar surface area (TPSA) is 41.6 Å². The summed E-state index contributed by atoms with van der Waals surface area (Å²) in [6.45, 7) is 0.791. The summed E-state index contributed by atoms with van der Waals surface area (Å²) >= 11 is 0. The van der Waals surface area contributed by atoms with Crippen molar-refractivity contribution in [3.05, 3.63) is 35.9 Å². The highest BCUT2D eigenvalue weighted by Crippen LogP contribution is 2.02. The molecular formula is C12H19N3. The zero-order chi connectivity index (χ0) is 11.1. The molecule has 0 aromatic heterocycles. The SMILES string of the molecule is CN(C)C(N)=NCCCc1ccccc1. The Morgan fingerprint density at radius 3 is 2.53 bits per heavy atom. The number of hydrogen-bond donors (Lipinski definition) is 1. The molecule has 0 atom stereocenters. The largest absolute Gasteiger partial charge is 0.370 e. The molecule has 1 aromatic carbocycles. The molecule has 0 aliphatic carbocycles. The lowest BCUT2D eigenvalue weighted by molar-refractivity contribution is 0.607. The number of guanidine groups is 1. The second-order valence-electron chi connectivity index (χ2n) is 3.72. The fourth-order valence-electron chi connectivity index (χ4n) is 1.26. The van der Waals surface area contributed by atoms with Gasteiger partial charge in [0.25, 0.3) is 0 Å². The molecule has 0 unspecified atom stereocenters. The van der Waals surface area contributed by atoms with E-state index < -0.39 is 0 Å². The molecule has 0 saturated heterocycles. The zero-order valence-electron chi connectivity index (χ0n) is 9.48. The molecule has 1 aromatic rings. The van der Waals surface area contributed by atoms with Crippen molar-refractivity contribution in [1.29, 1.82) is 0 Å². The van der Waals surface area contributed by atoms with E-state index in [2.05, 4.69) is 29.3 Å². The molecule has 0 saturated carbocycles. The Labute approximate surface area is 91.6 Å². The van der Waals surface area contributed by atoms with Crippen LogP contribution in [0.5, 0.6) is 0 Å². The molecule has 1 rings (SSSR count). The Hall–Kier alpha value is -1.51. The number of benzene rings is 1. The molecule has 0 heterocycles. The van der Waals surface area contributed by atoms with Crippen molar-refractivity contribution in [2.45, 2.75) is 12.8 Å². The first kappa shape index (κ1) is 11.6. The Morgan fingerprint density at radius 1 is 1.27 bits per heavy atom. The number of rotatable bonds is 4. The van der Waals surface area contributed by atoms with Crippen LogP contribution >= 0.6 is 0 Å². The van der Waals surface area contributed by atoms with Gasteiger partial charge in [-0.3, -0.25) is 4.99 Å². The van der Waals surface area contributed by atoms with Crippen LogP contribution in [-0.4, -0.2) is 31.5 Å². The second-order valence-corrected chi connectivity index (χ2v) is 3.72. The van der Waals surface area contributed by atoms with Crippen LogP contribution in [0.2, 0.25) is 0 Å². The van der Waals surface area contributed by atoms with Gasteiger partial charge < -0.3 is 10.6 Å². The number of aliphatic imine (C=N–C) groups is 1. The first-order chi connectivity index (χ1) is 7.20. The van der Waals surface area contributed by atoms with Gasteiger partial charge in [-0.15, -0.1) is 0 Å². The van der Waals surface area contributed by atoms with Crippen LogP contribution in [0, 0.1) is 0 Å². The second kappa shape index (κ2) is 6.06. The highest BCUT2D eigenvalue weighted by atomic mass is 15.2. The van der Waals surface area contributed by atoms with E-state index in [1.807, 2.05) is 25.1 Å². The zero-order valence-corrected chi connectivity index (χ0v) is 9.48. The Morgan fingerprint density at radius 2 is 1.93 bits per heavy atom. The predicted octanol–water partition coefficient (Wildman–Crippen LogP) is 1.50. The molecule has 0 bridgehead atoms. The summed E-state index contributed by atoms with van der Waals surface area (Å²) < 4.78 is 0. The average molecular weight is 205 g/mol. The summed E-state index contributed by atoms with van der Waals surface area (Å²) in [5.74, 6) is 0.600. The van der Waals surface area contributed by atoms with Crippen LogP contribution in [0.3, 0.4) is 0 Å². The minimum absolute atomic E-state index is 0.600. The van der Waals surface area contributed by atoms with Gasteiger partial charge in [0.15, 0.2) is 5.96 Å². The lowest BCUT2D eigenvalue weighted by Gasteiger charge is -2.10. The molecule has 82 valence electrons. The highest BCUT2D eigenvalue weighted by Gasteiger charge is 1.94. The number of hydrogen-bond acceptors (Lipinski definition) is 1. The molecule has 3 nitrogen and oxygen atoms in total. The molecular weight excluding hydrogens is 186 g/mol. The van der Waals surface area contributed by atoms with Crippen LogP contribution in [-0.2, 0) is 6.42 Å². The van der Waals surface area contributed by atoms with Crippen molar-refractivity contribution in [2.75, 3.05) is 20.6 Å². The highest BCUT2D eigenvalue weighted by molar-refractivity contribution is 5.77. The Kier molecular flexibility index (Phi) is 4.68. The van der Waals surface area contributed by atoms with Crippen molar-refractivity contribution in [3.63, 3.8) is 0 Å². The van der Waals surface area contributed by atoms with Crippen molar-refractivity contribution in [2.24, 2.45) is 10.7 Å². The summed E-state index contributed by atoms with van der Waals surface area (Å²) in [4.78, 5) is 6.08. The van der Waals surface area contributed by atoms with Gasteiger partial charge in [-0.25, -0.2) is 0 Å². The third-order valence-electron chi connectivity index (χ3n) is 2.20. The quantitative estimate of drug-likeness (QED) is 0.460. The van der Waals surface area contributed by atoms with Gasteiger partial charge in [-0.05, 0) is 18.4 Å². The van der Waals surface area contributed by atoms with E-state index in [-0.39, 0.29) is 0 Å². The van der Waals surface area contributed by atoms with E-state index in [9.17, 15) is 0 Å². The van der Waals surface area contributed by atoms with Gasteiger partial charge in [-0.2, -0.15) is 0 Å². The Balaban J connectivity index is 2.26. The summed E-state index contributed by atoms with van der Waals surface area (Å²) in [6.07, 6.45) is 2.10. The van der Waals surface area contributed by atoms with Gasteiger partial charge in [0.1, 0.15) is 0 Å². The molecule has 0 aliphatic heterocycles. The van der Waals surface area contributed by atoms with Crippen LogP contribution in [0.1, 0.15) is 12.0 Å². The fraction of sp³-hybridized carbons (Fsp3) is 0.417. The third-order valence-corrected chi connectivity index (χ3v) is 2.20. The minimum Gasteiger partial charge on any atom is -0.370 e. The smallest absolute Gasteiger partial charge is 0.190 e. The van der Waals surface area contributed by atoms with Crippen molar-refractivity contribution < 1.29 is 0 Å². The van der Waals surface area contributed by atoms with E-state index in [0.29, 0.717) is 5.96 Å². The molecule has 15 heavy (non-hydrogen) atoms. The van der Waals surface area contributed by atoms with Gasteiger partial charge in [-0.1, -0.05) is 30.3 Å². The van der Waals surface area contributed by atoms with E-state index in [1.165, 1.54) is 5.56 Å². The maximum Gasteiger partial charge on any atom is 0.190 e. The minimum atomic E-state index is 0.600. The summed E-state index contributed by atoms with van der Waals surface area (Å²) in [5.41, 5.74) is 7.03. The van der Waals surface area contributed by atoms with Crippen LogP contribution in [0.15, 0.2) is 35.3 Å². The lowest BCUT2D eigenvalue weighted by atomic mass is 10.1.